The van der Waals surface area contributed by atoms with E-state index < -0.39 is 11.6 Å². The Bertz CT molecular complexity index is 426. The van der Waals surface area contributed by atoms with Crippen LogP contribution in [-0.2, 0) is 9.53 Å². The molecule has 0 aromatic heterocycles. The van der Waals surface area contributed by atoms with Gasteiger partial charge in [-0.05, 0) is 25.7 Å². The van der Waals surface area contributed by atoms with Crippen LogP contribution in [0, 0.1) is 11.3 Å². The molecule has 0 radical (unpaired) electrons. The second kappa shape index (κ2) is 5.21. The van der Waals surface area contributed by atoms with Crippen molar-refractivity contribution in [3.63, 3.8) is 0 Å². The number of nitrogens with one attached hydrogen (secondary N) is 1. The lowest BCUT2D eigenvalue weighted by Gasteiger charge is -2.65. The Kier molecular flexibility index (Phi) is 3.79. The molecule has 120 valence electrons. The zero-order chi connectivity index (χ0) is 15.3. The van der Waals surface area contributed by atoms with E-state index >= 15 is 0 Å². The first kappa shape index (κ1) is 15.3. The minimum Gasteiger partial charge on any atom is -0.391 e. The fraction of sp³-hybridized carbons (Fsp3) is 0.938. The predicted molar refractivity (Wildman–Crippen MR) is 79.6 cm³/mol. The van der Waals surface area contributed by atoms with E-state index in [9.17, 15) is 9.90 Å². The molecule has 5 atom stereocenters. The number of aliphatic hydroxyl groups excluding tert-OH is 1. The summed E-state index contributed by atoms with van der Waals surface area (Å²) >= 11 is 0. The number of carbonyl (C=O) groups excluding carboxylic acids is 1. The molecular formula is C16H28N2O3. The maximum Gasteiger partial charge on any atom is 0.241 e. The molecule has 21 heavy (non-hydrogen) atoms. The van der Waals surface area contributed by atoms with Crippen LogP contribution in [0.15, 0.2) is 0 Å². The quantitative estimate of drug-likeness (QED) is 0.708. The van der Waals surface area contributed by atoms with Gasteiger partial charge in [-0.2, -0.15) is 0 Å². The molecule has 0 aromatic rings. The molecule has 3 unspecified atom stereocenters. The SMILES string of the molecule is CC1(C)C2OCCCC2C1(N)C(=O)N[C@@H]1CCCC[C@H]1O. The lowest BCUT2D eigenvalue weighted by Crippen LogP contribution is -2.82. The number of rotatable bonds is 2. The number of amides is 1. The molecule has 0 spiro atoms. The Morgan fingerprint density at radius 3 is 2.67 bits per heavy atom. The van der Waals surface area contributed by atoms with Crippen molar-refractivity contribution in [3.8, 4) is 0 Å². The first-order chi connectivity index (χ1) is 9.89. The average molecular weight is 296 g/mol. The van der Waals surface area contributed by atoms with Gasteiger partial charge >= 0.3 is 0 Å². The summed E-state index contributed by atoms with van der Waals surface area (Å²) < 4.78 is 5.84. The van der Waals surface area contributed by atoms with Crippen LogP contribution in [0.5, 0.6) is 0 Å². The summed E-state index contributed by atoms with van der Waals surface area (Å²) in [5.41, 5.74) is 5.33. The third-order valence-electron chi connectivity index (χ3n) is 6.11. The molecule has 0 bridgehead atoms. The van der Waals surface area contributed by atoms with Crippen molar-refractivity contribution in [1.29, 1.82) is 0 Å². The molecule has 2 saturated carbocycles. The van der Waals surface area contributed by atoms with Crippen LogP contribution in [0.25, 0.3) is 0 Å². The topological polar surface area (TPSA) is 84.6 Å². The highest BCUT2D eigenvalue weighted by Crippen LogP contribution is 2.57. The van der Waals surface area contributed by atoms with E-state index in [2.05, 4.69) is 5.32 Å². The molecule has 4 N–H and O–H groups in total. The normalized spacial score (nSPS) is 45.3. The van der Waals surface area contributed by atoms with Gasteiger partial charge in [0.1, 0.15) is 5.54 Å². The van der Waals surface area contributed by atoms with Crippen molar-refractivity contribution in [3.05, 3.63) is 0 Å². The summed E-state index contributed by atoms with van der Waals surface area (Å²) in [6.07, 6.45) is 5.26. The lowest BCUT2D eigenvalue weighted by molar-refractivity contribution is -0.225. The molecule has 1 saturated heterocycles. The maximum atomic E-state index is 12.8. The maximum absolute atomic E-state index is 12.8. The van der Waals surface area contributed by atoms with E-state index in [-0.39, 0.29) is 29.4 Å². The minimum absolute atomic E-state index is 0.0817. The highest BCUT2D eigenvalue weighted by Gasteiger charge is 2.70. The zero-order valence-corrected chi connectivity index (χ0v) is 13.1. The summed E-state index contributed by atoms with van der Waals surface area (Å²) in [5.74, 6) is -0.00724. The van der Waals surface area contributed by atoms with Crippen LogP contribution in [0.4, 0.5) is 0 Å². The predicted octanol–water partition coefficient (Wildman–Crippen LogP) is 0.939. The number of hydrogen-bond donors (Lipinski definition) is 3. The van der Waals surface area contributed by atoms with Gasteiger partial charge in [0, 0.05) is 17.9 Å². The first-order valence-electron chi connectivity index (χ1n) is 8.28. The van der Waals surface area contributed by atoms with E-state index in [1.165, 1.54) is 0 Å². The zero-order valence-electron chi connectivity index (χ0n) is 13.1. The van der Waals surface area contributed by atoms with Gasteiger partial charge in [0.2, 0.25) is 5.91 Å². The van der Waals surface area contributed by atoms with Crippen molar-refractivity contribution in [1.82, 2.24) is 5.32 Å². The number of carbonyl (C=O) groups is 1. The van der Waals surface area contributed by atoms with Gasteiger partial charge in [-0.15, -0.1) is 0 Å². The monoisotopic (exact) mass is 296 g/mol. The first-order valence-corrected chi connectivity index (χ1v) is 8.28. The highest BCUT2D eigenvalue weighted by molar-refractivity contribution is 5.89. The molecule has 2 aliphatic carbocycles. The standard InChI is InChI=1S/C16H28N2O3/c1-15(2)13-10(6-5-9-21-13)16(15,17)14(20)18-11-7-3-4-8-12(11)19/h10-13,19H,3-9,17H2,1-2H3,(H,18,20)/t10?,11-,12-,13?,16?/m1/s1. The number of hydrogen-bond acceptors (Lipinski definition) is 4. The van der Waals surface area contributed by atoms with E-state index in [1.54, 1.807) is 0 Å². The van der Waals surface area contributed by atoms with Crippen molar-refractivity contribution in [2.24, 2.45) is 17.1 Å². The molecule has 1 amide bonds. The molecule has 3 rings (SSSR count). The summed E-state index contributed by atoms with van der Waals surface area (Å²) in [5, 5.41) is 13.1. The molecule has 5 nitrogen and oxygen atoms in total. The van der Waals surface area contributed by atoms with Gasteiger partial charge in [-0.25, -0.2) is 0 Å². The van der Waals surface area contributed by atoms with E-state index in [0.29, 0.717) is 0 Å². The van der Waals surface area contributed by atoms with Crippen LogP contribution in [0.1, 0.15) is 52.4 Å². The average Bonchev–Trinajstić information content (AvgIpc) is 2.48. The van der Waals surface area contributed by atoms with Crippen LogP contribution in [0.3, 0.4) is 0 Å². The summed E-state index contributed by atoms with van der Waals surface area (Å²) in [6.45, 7) is 4.82. The van der Waals surface area contributed by atoms with Gasteiger partial charge in [0.05, 0.1) is 18.2 Å². The summed E-state index contributed by atoms with van der Waals surface area (Å²) in [7, 11) is 0. The smallest absolute Gasteiger partial charge is 0.241 e. The number of nitrogens with two attached hydrogens (primary N) is 1. The second-order valence-corrected chi connectivity index (χ2v) is 7.56. The third-order valence-corrected chi connectivity index (χ3v) is 6.11. The van der Waals surface area contributed by atoms with Crippen LogP contribution in [-0.4, -0.2) is 41.4 Å². The molecule has 3 fully saturated rings. The number of fused-ring (bicyclic) bond motifs is 1. The molecule has 3 aliphatic rings. The van der Waals surface area contributed by atoms with Crippen LogP contribution in [0.2, 0.25) is 0 Å². The highest BCUT2D eigenvalue weighted by atomic mass is 16.5. The Morgan fingerprint density at radius 1 is 1.24 bits per heavy atom. The van der Waals surface area contributed by atoms with E-state index in [0.717, 1.165) is 45.1 Å². The van der Waals surface area contributed by atoms with Crippen molar-refractivity contribution in [2.45, 2.75) is 76.2 Å². The van der Waals surface area contributed by atoms with Crippen molar-refractivity contribution >= 4 is 5.91 Å². The van der Waals surface area contributed by atoms with Crippen molar-refractivity contribution < 1.29 is 14.6 Å². The molecule has 1 heterocycles. The fourth-order valence-corrected chi connectivity index (χ4v) is 4.60. The van der Waals surface area contributed by atoms with Gasteiger partial charge < -0.3 is 20.9 Å². The minimum atomic E-state index is -0.880. The molecule has 0 aromatic carbocycles. The number of aliphatic hydroxyl groups is 1. The van der Waals surface area contributed by atoms with Gasteiger partial charge in [-0.3, -0.25) is 4.79 Å². The summed E-state index contributed by atoms with van der Waals surface area (Å²) in [4.78, 5) is 12.8. The fourth-order valence-electron chi connectivity index (χ4n) is 4.60. The van der Waals surface area contributed by atoms with E-state index in [4.69, 9.17) is 10.5 Å². The largest absolute Gasteiger partial charge is 0.391 e. The van der Waals surface area contributed by atoms with Gasteiger partial charge in [-0.1, -0.05) is 26.7 Å². The lowest BCUT2D eigenvalue weighted by atomic mass is 9.46. The Labute approximate surface area is 126 Å². The van der Waals surface area contributed by atoms with E-state index in [1.807, 2.05) is 13.8 Å². The van der Waals surface area contributed by atoms with Crippen molar-refractivity contribution in [2.75, 3.05) is 6.61 Å². The van der Waals surface area contributed by atoms with Gasteiger partial charge in [0.15, 0.2) is 0 Å². The molecular weight excluding hydrogens is 268 g/mol. The molecule has 5 heteroatoms. The third kappa shape index (κ3) is 2.13. The Morgan fingerprint density at radius 2 is 1.95 bits per heavy atom. The molecule has 1 aliphatic heterocycles. The second-order valence-electron chi connectivity index (χ2n) is 7.56. The number of ether oxygens (including phenoxy) is 1. The Hall–Kier alpha value is -0.650. The Balaban J connectivity index is 1.73. The van der Waals surface area contributed by atoms with Gasteiger partial charge in [0.25, 0.3) is 0 Å². The summed E-state index contributed by atoms with van der Waals surface area (Å²) in [6, 6.07) is -0.147. The van der Waals surface area contributed by atoms with Crippen LogP contribution >= 0.6 is 0 Å². The van der Waals surface area contributed by atoms with Crippen LogP contribution < -0.4 is 11.1 Å².